The smallest absolute Gasteiger partial charge is 0.475 e. The summed E-state index contributed by atoms with van der Waals surface area (Å²) in [6.07, 6.45) is -2.93. The van der Waals surface area contributed by atoms with Crippen molar-refractivity contribution in [2.75, 3.05) is 19.7 Å². The Morgan fingerprint density at radius 1 is 1.02 bits per heavy atom. The summed E-state index contributed by atoms with van der Waals surface area (Å²) in [7, 11) is 0. The minimum absolute atomic E-state index is 0.165. The molecule has 2 aliphatic heterocycles. The van der Waals surface area contributed by atoms with E-state index in [1.165, 1.54) is 11.0 Å². The van der Waals surface area contributed by atoms with Gasteiger partial charge in [-0.2, -0.15) is 13.2 Å². The molecular weight excluding hydrogens is 569 g/mol. The molecule has 14 heteroatoms. The molecule has 4 atom stereocenters. The zero-order chi connectivity index (χ0) is 31.2. The standard InChI is InChI=1S/C26H31F2N3O4.C2HF3O2/c27-22-5-2-6-23(28)21(22)14-30(26(35)24(33)15-32)9-10-31-19-7-8-20(31)13-18(12-19)16-3-1-4-17(11-16)25(29)34;3-2(4,5)1(6)7/h1-6,11,18-20,24,32-33H,7-10,12-15H2,(H2,29,34);(H,6,7)/t18?,19-,20+,24-;/m0./s1. The molecule has 2 fully saturated rings. The lowest BCUT2D eigenvalue weighted by molar-refractivity contribution is -0.192. The molecule has 4 rings (SSSR count). The molecule has 2 aliphatic rings. The van der Waals surface area contributed by atoms with Crippen molar-refractivity contribution in [2.45, 2.75) is 62.5 Å². The highest BCUT2D eigenvalue weighted by Crippen LogP contribution is 2.43. The highest BCUT2D eigenvalue weighted by atomic mass is 19.4. The van der Waals surface area contributed by atoms with Crippen LogP contribution in [-0.4, -0.2) is 87.0 Å². The molecule has 0 radical (unpaired) electrons. The average Bonchev–Trinajstić information content (AvgIpc) is 3.17. The van der Waals surface area contributed by atoms with Crippen molar-refractivity contribution in [3.63, 3.8) is 0 Å². The number of rotatable bonds is 9. The van der Waals surface area contributed by atoms with Crippen LogP contribution in [-0.2, 0) is 16.1 Å². The quantitative estimate of drug-likeness (QED) is 0.324. The molecular formula is C28H32F5N3O6. The molecule has 2 saturated heterocycles. The van der Waals surface area contributed by atoms with Crippen molar-refractivity contribution >= 4 is 17.8 Å². The van der Waals surface area contributed by atoms with Gasteiger partial charge in [0.15, 0.2) is 6.10 Å². The molecule has 2 amide bonds. The van der Waals surface area contributed by atoms with Gasteiger partial charge in [0.1, 0.15) is 11.6 Å². The minimum Gasteiger partial charge on any atom is -0.475 e. The molecule has 0 aliphatic carbocycles. The first-order valence-electron chi connectivity index (χ1n) is 13.2. The zero-order valence-corrected chi connectivity index (χ0v) is 22.4. The largest absolute Gasteiger partial charge is 0.490 e. The maximum atomic E-state index is 14.2. The first-order valence-corrected chi connectivity index (χ1v) is 13.2. The number of carboxylic acid groups (broad SMARTS) is 1. The monoisotopic (exact) mass is 601 g/mol. The molecule has 2 aromatic carbocycles. The summed E-state index contributed by atoms with van der Waals surface area (Å²) in [5.74, 6) is -5.20. The van der Waals surface area contributed by atoms with Crippen molar-refractivity contribution in [1.29, 1.82) is 0 Å². The summed E-state index contributed by atoms with van der Waals surface area (Å²) in [5, 5.41) is 26.3. The van der Waals surface area contributed by atoms with E-state index in [0.29, 0.717) is 18.0 Å². The fourth-order valence-corrected chi connectivity index (χ4v) is 5.52. The number of piperidine rings is 1. The predicted octanol–water partition coefficient (Wildman–Crippen LogP) is 2.79. The number of hydrogen-bond acceptors (Lipinski definition) is 6. The Hall–Kier alpha value is -3.62. The normalized spacial score (nSPS) is 20.8. The third kappa shape index (κ3) is 8.23. The Balaban J connectivity index is 0.000000616. The van der Waals surface area contributed by atoms with E-state index in [-0.39, 0.29) is 30.7 Å². The summed E-state index contributed by atoms with van der Waals surface area (Å²) >= 11 is 0. The topological polar surface area (TPSA) is 144 Å². The third-order valence-corrected chi connectivity index (χ3v) is 7.58. The van der Waals surface area contributed by atoms with Crippen LogP contribution in [0.2, 0.25) is 0 Å². The third-order valence-electron chi connectivity index (χ3n) is 7.58. The van der Waals surface area contributed by atoms with Crippen LogP contribution in [0.1, 0.15) is 53.1 Å². The Labute approximate surface area is 238 Å². The fraction of sp³-hybridized carbons (Fsp3) is 0.464. The second-order valence-electron chi connectivity index (χ2n) is 10.2. The van der Waals surface area contributed by atoms with Crippen LogP contribution in [0.15, 0.2) is 42.5 Å². The summed E-state index contributed by atoms with van der Waals surface area (Å²) in [4.78, 5) is 36.7. The maximum absolute atomic E-state index is 14.2. The van der Waals surface area contributed by atoms with E-state index in [2.05, 4.69) is 4.90 Å². The molecule has 2 aromatic rings. The molecule has 9 nitrogen and oxygen atoms in total. The number of carbonyl (C=O) groups is 3. The van der Waals surface area contributed by atoms with Gasteiger partial charge >= 0.3 is 12.1 Å². The van der Waals surface area contributed by atoms with Crippen LogP contribution in [0.25, 0.3) is 0 Å². The van der Waals surface area contributed by atoms with Gasteiger partial charge in [0.05, 0.1) is 13.2 Å². The molecule has 1 unspecified atom stereocenters. The molecule has 42 heavy (non-hydrogen) atoms. The molecule has 0 spiro atoms. The van der Waals surface area contributed by atoms with Gasteiger partial charge in [-0.25, -0.2) is 13.6 Å². The van der Waals surface area contributed by atoms with Crippen molar-refractivity contribution in [3.8, 4) is 0 Å². The number of fused-ring (bicyclic) bond motifs is 2. The molecule has 2 heterocycles. The Bertz CT molecular complexity index is 1240. The highest BCUT2D eigenvalue weighted by molar-refractivity contribution is 5.92. The van der Waals surface area contributed by atoms with Gasteiger partial charge in [-0.05, 0) is 61.4 Å². The maximum Gasteiger partial charge on any atom is 0.490 e. The lowest BCUT2D eigenvalue weighted by Crippen LogP contribution is -2.48. The number of nitrogens with two attached hydrogens (primary N) is 1. The number of halogens is 5. The number of aliphatic hydroxyl groups is 2. The van der Waals surface area contributed by atoms with Crippen LogP contribution >= 0.6 is 0 Å². The van der Waals surface area contributed by atoms with E-state index in [0.717, 1.165) is 43.4 Å². The number of benzene rings is 2. The molecule has 2 bridgehead atoms. The zero-order valence-electron chi connectivity index (χ0n) is 22.4. The van der Waals surface area contributed by atoms with Crippen LogP contribution in [0.3, 0.4) is 0 Å². The van der Waals surface area contributed by atoms with Crippen molar-refractivity contribution in [3.05, 3.63) is 70.8 Å². The minimum atomic E-state index is -5.08. The van der Waals surface area contributed by atoms with Gasteiger partial charge in [-0.1, -0.05) is 18.2 Å². The first-order chi connectivity index (χ1) is 19.7. The average molecular weight is 602 g/mol. The summed E-state index contributed by atoms with van der Waals surface area (Å²) in [5.41, 5.74) is 6.78. The number of alkyl halides is 3. The van der Waals surface area contributed by atoms with Crippen LogP contribution in [0.4, 0.5) is 22.0 Å². The number of carbonyl (C=O) groups excluding carboxylic acids is 2. The van der Waals surface area contributed by atoms with Gasteiger partial charge in [-0.15, -0.1) is 0 Å². The Morgan fingerprint density at radius 2 is 1.57 bits per heavy atom. The first kappa shape index (κ1) is 32.9. The lowest BCUT2D eigenvalue weighted by atomic mass is 9.84. The van der Waals surface area contributed by atoms with Crippen molar-refractivity contribution in [1.82, 2.24) is 9.80 Å². The number of amides is 2. The predicted molar refractivity (Wildman–Crippen MR) is 139 cm³/mol. The number of aliphatic carboxylic acids is 1. The van der Waals surface area contributed by atoms with Crippen LogP contribution in [0, 0.1) is 11.6 Å². The van der Waals surface area contributed by atoms with Crippen LogP contribution < -0.4 is 5.73 Å². The van der Waals surface area contributed by atoms with Crippen molar-refractivity contribution in [2.24, 2.45) is 5.73 Å². The van der Waals surface area contributed by atoms with Crippen LogP contribution in [0.5, 0.6) is 0 Å². The van der Waals surface area contributed by atoms with E-state index in [9.17, 15) is 41.8 Å². The van der Waals surface area contributed by atoms with Gasteiger partial charge < -0.3 is 26.0 Å². The summed E-state index contributed by atoms with van der Waals surface area (Å²) in [6, 6.07) is 11.5. The number of primary amides is 1. The van der Waals surface area contributed by atoms with E-state index in [1.54, 1.807) is 6.07 Å². The molecule has 0 aromatic heterocycles. The number of hydrogen-bond donors (Lipinski definition) is 4. The summed E-state index contributed by atoms with van der Waals surface area (Å²) in [6.45, 7) is -0.446. The number of carboxylic acids is 1. The van der Waals surface area contributed by atoms with E-state index in [4.69, 9.17) is 15.6 Å². The van der Waals surface area contributed by atoms with E-state index in [1.807, 2.05) is 18.2 Å². The van der Waals surface area contributed by atoms with Gasteiger partial charge in [-0.3, -0.25) is 14.5 Å². The second-order valence-corrected chi connectivity index (χ2v) is 10.2. The van der Waals surface area contributed by atoms with Gasteiger partial charge in [0.25, 0.3) is 5.91 Å². The molecule has 230 valence electrons. The number of nitrogens with zero attached hydrogens (tertiary/aromatic N) is 2. The van der Waals surface area contributed by atoms with Crippen molar-refractivity contribution < 1.29 is 51.7 Å². The Kier molecular flexibility index (Phi) is 11.0. The molecule has 5 N–H and O–H groups in total. The fourth-order valence-electron chi connectivity index (χ4n) is 5.52. The lowest BCUT2D eigenvalue weighted by Gasteiger charge is -2.40. The van der Waals surface area contributed by atoms with Gasteiger partial charge in [0, 0.05) is 36.3 Å². The number of aliphatic hydroxyl groups excluding tert-OH is 2. The van der Waals surface area contributed by atoms with Gasteiger partial charge in [0.2, 0.25) is 5.91 Å². The molecule has 0 saturated carbocycles. The van der Waals surface area contributed by atoms with E-state index >= 15 is 0 Å². The summed E-state index contributed by atoms with van der Waals surface area (Å²) < 4.78 is 60.2. The Morgan fingerprint density at radius 3 is 2.07 bits per heavy atom. The second kappa shape index (κ2) is 14.0. The highest BCUT2D eigenvalue weighted by Gasteiger charge is 2.41. The van der Waals surface area contributed by atoms with E-state index < -0.39 is 48.3 Å². The SMILES string of the molecule is NC(=O)c1cccc(C2C[C@H]3CC[C@@H](C2)N3CCN(Cc2c(F)cccc2F)C(=O)[C@@H](O)CO)c1.O=C(O)C(F)(F)F.